The van der Waals surface area contributed by atoms with Crippen LogP contribution in [-0.2, 0) is 0 Å². The number of aromatic carboxylic acids is 1. The van der Waals surface area contributed by atoms with Gasteiger partial charge in [-0.2, -0.15) is 5.10 Å². The molecule has 1 aromatic carbocycles. The lowest BCUT2D eigenvalue weighted by Crippen LogP contribution is -2.03. The topological polar surface area (TPSA) is 90.4 Å². The number of methoxy groups -OCH3 is 1. The Morgan fingerprint density at radius 1 is 1.41 bits per heavy atom. The Morgan fingerprint density at radius 3 is 2.53 bits per heavy atom. The molecule has 2 rings (SSSR count). The smallest absolute Gasteiger partial charge is 0.356 e. The number of aromatic nitrogens is 2. The number of benzene rings is 1. The molecule has 0 bridgehead atoms. The fourth-order valence-electron chi connectivity index (χ4n) is 1.43. The van der Waals surface area contributed by atoms with Crippen molar-refractivity contribution in [2.24, 2.45) is 0 Å². The number of ether oxygens (including phenoxy) is 1. The maximum absolute atomic E-state index is 10.7. The van der Waals surface area contributed by atoms with Gasteiger partial charge in [0.25, 0.3) is 0 Å². The fraction of sp³-hybridized carbons (Fsp3) is 0.0909. The van der Waals surface area contributed by atoms with Crippen molar-refractivity contribution in [1.29, 1.82) is 0 Å². The summed E-state index contributed by atoms with van der Waals surface area (Å²) in [7, 11) is 1.57. The van der Waals surface area contributed by atoms with Gasteiger partial charge in [-0.3, -0.25) is 0 Å². The number of hydrogen-bond acceptors (Lipinski definition) is 4. The molecular weight excluding hydrogens is 222 g/mol. The van der Waals surface area contributed by atoms with Crippen molar-refractivity contribution in [2.75, 3.05) is 12.8 Å². The molecule has 6 heteroatoms. The van der Waals surface area contributed by atoms with Gasteiger partial charge in [0.2, 0.25) is 0 Å². The Balaban J connectivity index is 2.41. The van der Waals surface area contributed by atoms with Crippen LogP contribution in [0.2, 0.25) is 0 Å². The molecule has 0 saturated carbocycles. The third-order valence-corrected chi connectivity index (χ3v) is 2.27. The largest absolute Gasteiger partial charge is 0.497 e. The maximum Gasteiger partial charge on any atom is 0.356 e. The van der Waals surface area contributed by atoms with Crippen LogP contribution in [0.5, 0.6) is 5.75 Å². The molecule has 1 heterocycles. The molecule has 88 valence electrons. The lowest BCUT2D eigenvalue weighted by atomic mass is 10.3. The van der Waals surface area contributed by atoms with Gasteiger partial charge >= 0.3 is 5.97 Å². The number of anilines is 1. The number of nitrogens with two attached hydrogens (primary N) is 1. The zero-order valence-electron chi connectivity index (χ0n) is 9.12. The Kier molecular flexibility index (Phi) is 2.70. The van der Waals surface area contributed by atoms with E-state index in [0.717, 1.165) is 0 Å². The van der Waals surface area contributed by atoms with E-state index >= 15 is 0 Å². The molecule has 0 spiro atoms. The van der Waals surface area contributed by atoms with Gasteiger partial charge in [0.15, 0.2) is 5.69 Å². The van der Waals surface area contributed by atoms with Gasteiger partial charge in [0.05, 0.1) is 12.8 Å². The van der Waals surface area contributed by atoms with Crippen LogP contribution in [0.1, 0.15) is 10.5 Å². The van der Waals surface area contributed by atoms with E-state index in [4.69, 9.17) is 15.6 Å². The lowest BCUT2D eigenvalue weighted by Gasteiger charge is -2.04. The van der Waals surface area contributed by atoms with Crippen molar-refractivity contribution in [2.45, 2.75) is 0 Å². The molecule has 0 saturated heterocycles. The summed E-state index contributed by atoms with van der Waals surface area (Å²) in [6, 6.07) is 8.29. The molecule has 0 aliphatic heterocycles. The van der Waals surface area contributed by atoms with E-state index in [1.807, 2.05) is 0 Å². The monoisotopic (exact) mass is 233 g/mol. The van der Waals surface area contributed by atoms with Crippen LogP contribution in [-0.4, -0.2) is 28.0 Å². The molecule has 2 aromatic rings. The molecule has 3 N–H and O–H groups in total. The van der Waals surface area contributed by atoms with Crippen LogP contribution in [0.15, 0.2) is 30.3 Å². The number of carboxylic acids is 1. The molecule has 0 amide bonds. The summed E-state index contributed by atoms with van der Waals surface area (Å²) in [6.45, 7) is 0. The minimum absolute atomic E-state index is 0.0849. The second-order valence-electron chi connectivity index (χ2n) is 3.37. The van der Waals surface area contributed by atoms with E-state index in [-0.39, 0.29) is 11.5 Å². The normalized spacial score (nSPS) is 10.2. The van der Waals surface area contributed by atoms with E-state index in [2.05, 4.69) is 5.10 Å². The number of nitrogens with zero attached hydrogens (tertiary/aromatic N) is 2. The number of rotatable bonds is 3. The van der Waals surface area contributed by atoms with Crippen molar-refractivity contribution in [3.8, 4) is 11.4 Å². The Bertz CT molecular complexity index is 546. The van der Waals surface area contributed by atoms with Gasteiger partial charge < -0.3 is 15.6 Å². The average Bonchev–Trinajstić information content (AvgIpc) is 2.72. The average molecular weight is 233 g/mol. The summed E-state index contributed by atoms with van der Waals surface area (Å²) >= 11 is 0. The Labute approximate surface area is 97.2 Å². The van der Waals surface area contributed by atoms with Crippen LogP contribution in [0.4, 0.5) is 5.82 Å². The van der Waals surface area contributed by atoms with Gasteiger partial charge in [0, 0.05) is 6.07 Å². The zero-order chi connectivity index (χ0) is 12.4. The fourth-order valence-corrected chi connectivity index (χ4v) is 1.43. The summed E-state index contributed by atoms with van der Waals surface area (Å²) in [6.07, 6.45) is 0. The van der Waals surface area contributed by atoms with Crippen LogP contribution in [0.25, 0.3) is 5.69 Å². The van der Waals surface area contributed by atoms with Crippen LogP contribution in [0, 0.1) is 0 Å². The highest BCUT2D eigenvalue weighted by atomic mass is 16.5. The first-order valence-corrected chi connectivity index (χ1v) is 4.85. The molecule has 0 atom stereocenters. The highest BCUT2D eigenvalue weighted by Crippen LogP contribution is 2.18. The summed E-state index contributed by atoms with van der Waals surface area (Å²) in [4.78, 5) is 10.7. The molecular formula is C11H11N3O3. The quantitative estimate of drug-likeness (QED) is 0.830. The van der Waals surface area contributed by atoms with Gasteiger partial charge in [-0.25, -0.2) is 9.48 Å². The predicted molar refractivity (Wildman–Crippen MR) is 61.5 cm³/mol. The molecule has 1 aromatic heterocycles. The minimum Gasteiger partial charge on any atom is -0.497 e. The van der Waals surface area contributed by atoms with E-state index in [9.17, 15) is 4.79 Å². The van der Waals surface area contributed by atoms with E-state index in [1.165, 1.54) is 10.7 Å². The van der Waals surface area contributed by atoms with E-state index < -0.39 is 5.97 Å². The van der Waals surface area contributed by atoms with Crippen LogP contribution < -0.4 is 10.5 Å². The maximum atomic E-state index is 10.7. The highest BCUT2D eigenvalue weighted by Gasteiger charge is 2.12. The number of nitrogen functional groups attached to an aromatic ring is 1. The predicted octanol–water partition coefficient (Wildman–Crippen LogP) is 1.16. The summed E-state index contributed by atoms with van der Waals surface area (Å²) in [5.74, 6) is -0.130. The number of carboxylic acid groups (broad SMARTS) is 1. The second-order valence-corrected chi connectivity index (χ2v) is 3.37. The molecule has 17 heavy (non-hydrogen) atoms. The van der Waals surface area contributed by atoms with E-state index in [1.54, 1.807) is 31.4 Å². The molecule has 0 aliphatic rings. The summed E-state index contributed by atoms with van der Waals surface area (Å²) < 4.78 is 6.39. The zero-order valence-corrected chi connectivity index (χ0v) is 9.12. The van der Waals surface area contributed by atoms with Crippen molar-refractivity contribution < 1.29 is 14.6 Å². The number of hydrogen-bond donors (Lipinski definition) is 2. The first kappa shape index (κ1) is 11.0. The number of carbonyl (C=O) groups is 1. The van der Waals surface area contributed by atoms with Gasteiger partial charge in [-0.1, -0.05) is 0 Å². The van der Waals surface area contributed by atoms with Crippen molar-refractivity contribution in [3.05, 3.63) is 36.0 Å². The standard InChI is InChI=1S/C11H11N3O3/c1-17-8-4-2-7(3-5-8)14-10(12)6-9(13-14)11(15)16/h2-6H,12H2,1H3,(H,15,16). The van der Waals surface area contributed by atoms with Gasteiger partial charge in [-0.15, -0.1) is 0 Å². The molecule has 0 fully saturated rings. The van der Waals surface area contributed by atoms with Crippen molar-refractivity contribution >= 4 is 11.8 Å². The first-order valence-electron chi connectivity index (χ1n) is 4.85. The molecule has 0 aliphatic carbocycles. The van der Waals surface area contributed by atoms with Crippen LogP contribution >= 0.6 is 0 Å². The molecule has 0 unspecified atom stereocenters. The van der Waals surface area contributed by atoms with Crippen LogP contribution in [0.3, 0.4) is 0 Å². The van der Waals surface area contributed by atoms with E-state index in [0.29, 0.717) is 11.4 Å². The third kappa shape index (κ3) is 2.05. The lowest BCUT2D eigenvalue weighted by molar-refractivity contribution is 0.0690. The van der Waals surface area contributed by atoms with Crippen molar-refractivity contribution in [1.82, 2.24) is 9.78 Å². The summed E-state index contributed by atoms with van der Waals surface area (Å²) in [5, 5.41) is 12.7. The second kappa shape index (κ2) is 4.17. The van der Waals surface area contributed by atoms with Gasteiger partial charge in [0.1, 0.15) is 11.6 Å². The van der Waals surface area contributed by atoms with Crippen molar-refractivity contribution in [3.63, 3.8) is 0 Å². The third-order valence-electron chi connectivity index (χ3n) is 2.27. The summed E-state index contributed by atoms with van der Waals surface area (Å²) in [5.41, 5.74) is 6.28. The molecule has 6 nitrogen and oxygen atoms in total. The Hall–Kier alpha value is -2.50. The van der Waals surface area contributed by atoms with Gasteiger partial charge in [-0.05, 0) is 24.3 Å². The molecule has 0 radical (unpaired) electrons. The Morgan fingerprint density at radius 2 is 2.06 bits per heavy atom. The minimum atomic E-state index is -1.11. The first-order chi connectivity index (χ1) is 8.11. The SMILES string of the molecule is COc1ccc(-n2nc(C(=O)O)cc2N)cc1. The highest BCUT2D eigenvalue weighted by molar-refractivity contribution is 5.86.